The average molecular weight is 313 g/mol. The van der Waals surface area contributed by atoms with E-state index in [1.807, 2.05) is 23.9 Å². The van der Waals surface area contributed by atoms with Gasteiger partial charge in [0.15, 0.2) is 0 Å². The van der Waals surface area contributed by atoms with Crippen LogP contribution in [0.2, 0.25) is 0 Å². The molecule has 0 saturated carbocycles. The number of carbonyl (C=O) groups is 1. The Kier molecular flexibility index (Phi) is 4.49. The van der Waals surface area contributed by atoms with Crippen LogP contribution in [0.1, 0.15) is 49.5 Å². The molecule has 1 unspecified atom stereocenters. The number of nitrogens with zero attached hydrogens (tertiary/aromatic N) is 2. The van der Waals surface area contributed by atoms with Gasteiger partial charge in [0.25, 0.3) is 5.91 Å². The molecule has 18 heavy (non-hydrogen) atoms. The van der Waals surface area contributed by atoms with E-state index in [2.05, 4.69) is 27.8 Å². The highest BCUT2D eigenvalue weighted by atomic mass is 79.9. The van der Waals surface area contributed by atoms with Crippen LogP contribution < -0.4 is 0 Å². The SMILES string of the molecule is CCC1CCCCCN1C(=O)c1cc(Br)cn1C. The van der Waals surface area contributed by atoms with Crippen LogP contribution in [0.5, 0.6) is 0 Å². The van der Waals surface area contributed by atoms with E-state index in [0.29, 0.717) is 6.04 Å². The van der Waals surface area contributed by atoms with Gasteiger partial charge in [-0.05, 0) is 41.3 Å². The van der Waals surface area contributed by atoms with Crippen molar-refractivity contribution in [3.63, 3.8) is 0 Å². The molecule has 100 valence electrons. The van der Waals surface area contributed by atoms with Crippen LogP contribution in [0.15, 0.2) is 16.7 Å². The highest BCUT2D eigenvalue weighted by Crippen LogP contribution is 2.23. The molecule has 1 fully saturated rings. The largest absolute Gasteiger partial charge is 0.345 e. The van der Waals surface area contributed by atoms with Crippen LogP contribution in [0.3, 0.4) is 0 Å². The first-order chi connectivity index (χ1) is 8.63. The molecule has 0 radical (unpaired) electrons. The molecule has 4 heteroatoms. The molecule has 2 rings (SSSR count). The summed E-state index contributed by atoms with van der Waals surface area (Å²) in [6.07, 6.45) is 7.77. The lowest BCUT2D eigenvalue weighted by Gasteiger charge is -2.29. The molecule has 1 aromatic heterocycles. The number of halogens is 1. The fourth-order valence-corrected chi connectivity index (χ4v) is 3.28. The van der Waals surface area contributed by atoms with Crippen LogP contribution >= 0.6 is 15.9 Å². The molecule has 0 N–H and O–H groups in total. The zero-order chi connectivity index (χ0) is 13.1. The summed E-state index contributed by atoms with van der Waals surface area (Å²) in [5, 5.41) is 0. The van der Waals surface area contributed by atoms with E-state index in [1.54, 1.807) is 0 Å². The van der Waals surface area contributed by atoms with Crippen molar-refractivity contribution in [1.29, 1.82) is 0 Å². The number of carbonyl (C=O) groups excluding carboxylic acids is 1. The van der Waals surface area contributed by atoms with Crippen molar-refractivity contribution < 1.29 is 4.79 Å². The van der Waals surface area contributed by atoms with Gasteiger partial charge < -0.3 is 9.47 Å². The molecular formula is C14H21BrN2O. The Hall–Kier alpha value is -0.770. The first-order valence-electron chi connectivity index (χ1n) is 6.76. The second-order valence-electron chi connectivity index (χ2n) is 5.06. The van der Waals surface area contributed by atoms with E-state index in [0.717, 1.165) is 36.0 Å². The molecule has 0 aliphatic carbocycles. The number of hydrogen-bond acceptors (Lipinski definition) is 1. The maximum absolute atomic E-state index is 12.6. The molecule has 1 aromatic rings. The van der Waals surface area contributed by atoms with Crippen molar-refractivity contribution >= 4 is 21.8 Å². The van der Waals surface area contributed by atoms with Gasteiger partial charge in [-0.15, -0.1) is 0 Å². The van der Waals surface area contributed by atoms with E-state index < -0.39 is 0 Å². The van der Waals surface area contributed by atoms with Crippen LogP contribution in [-0.4, -0.2) is 28.0 Å². The zero-order valence-electron chi connectivity index (χ0n) is 11.2. The van der Waals surface area contributed by atoms with Crippen molar-refractivity contribution in [1.82, 2.24) is 9.47 Å². The quantitative estimate of drug-likeness (QED) is 0.819. The Balaban J connectivity index is 2.22. The summed E-state index contributed by atoms with van der Waals surface area (Å²) in [4.78, 5) is 14.7. The minimum atomic E-state index is 0.178. The Morgan fingerprint density at radius 3 is 2.83 bits per heavy atom. The number of aryl methyl sites for hydroxylation is 1. The molecule has 3 nitrogen and oxygen atoms in total. The van der Waals surface area contributed by atoms with E-state index >= 15 is 0 Å². The standard InChI is InChI=1S/C14H21BrN2O/c1-3-12-7-5-4-6-8-17(12)14(18)13-9-11(15)10-16(13)2/h9-10,12H,3-8H2,1-2H3. The maximum atomic E-state index is 12.6. The molecule has 1 aliphatic heterocycles. The third kappa shape index (κ3) is 2.79. The van der Waals surface area contributed by atoms with Gasteiger partial charge in [0.1, 0.15) is 5.69 Å². The number of aromatic nitrogens is 1. The normalized spacial score (nSPS) is 20.8. The van der Waals surface area contributed by atoms with Crippen LogP contribution in [0, 0.1) is 0 Å². The van der Waals surface area contributed by atoms with Gasteiger partial charge in [-0.2, -0.15) is 0 Å². The summed E-state index contributed by atoms with van der Waals surface area (Å²) in [6, 6.07) is 2.33. The third-order valence-corrected chi connectivity index (χ3v) is 4.23. The molecule has 1 aliphatic rings. The molecule has 1 amide bonds. The first-order valence-corrected chi connectivity index (χ1v) is 7.55. The zero-order valence-corrected chi connectivity index (χ0v) is 12.7. The minimum absolute atomic E-state index is 0.178. The van der Waals surface area contributed by atoms with Crippen LogP contribution in [0.25, 0.3) is 0 Å². The van der Waals surface area contributed by atoms with E-state index in [4.69, 9.17) is 0 Å². The Morgan fingerprint density at radius 2 is 2.22 bits per heavy atom. The first kappa shape index (κ1) is 13.7. The summed E-state index contributed by atoms with van der Waals surface area (Å²) in [5.41, 5.74) is 0.780. The van der Waals surface area contributed by atoms with Crippen molar-refractivity contribution in [2.75, 3.05) is 6.54 Å². The molecule has 1 atom stereocenters. The van der Waals surface area contributed by atoms with Crippen molar-refractivity contribution in [3.8, 4) is 0 Å². The highest BCUT2D eigenvalue weighted by Gasteiger charge is 2.26. The molecular weight excluding hydrogens is 292 g/mol. The van der Waals surface area contributed by atoms with Gasteiger partial charge in [0.05, 0.1) is 0 Å². The van der Waals surface area contributed by atoms with E-state index in [1.165, 1.54) is 12.8 Å². The monoisotopic (exact) mass is 312 g/mol. The fourth-order valence-electron chi connectivity index (χ4n) is 2.75. The van der Waals surface area contributed by atoms with Gasteiger partial charge in [-0.3, -0.25) is 4.79 Å². The molecule has 0 bridgehead atoms. The Labute approximate surface area is 117 Å². The number of hydrogen-bond donors (Lipinski definition) is 0. The van der Waals surface area contributed by atoms with Crippen LogP contribution in [0.4, 0.5) is 0 Å². The predicted octanol–water partition coefficient (Wildman–Crippen LogP) is 3.58. The summed E-state index contributed by atoms with van der Waals surface area (Å²) in [6.45, 7) is 3.08. The fraction of sp³-hybridized carbons (Fsp3) is 0.643. The van der Waals surface area contributed by atoms with Crippen molar-refractivity contribution in [2.45, 2.75) is 45.1 Å². The molecule has 2 heterocycles. The molecule has 0 aromatic carbocycles. The highest BCUT2D eigenvalue weighted by molar-refractivity contribution is 9.10. The number of rotatable bonds is 2. The Morgan fingerprint density at radius 1 is 1.44 bits per heavy atom. The number of likely N-dealkylation sites (tertiary alicyclic amines) is 1. The average Bonchev–Trinajstić information content (AvgIpc) is 2.56. The second-order valence-corrected chi connectivity index (χ2v) is 5.98. The third-order valence-electron chi connectivity index (χ3n) is 3.80. The smallest absolute Gasteiger partial charge is 0.270 e. The van der Waals surface area contributed by atoms with Gasteiger partial charge in [0, 0.05) is 30.3 Å². The topological polar surface area (TPSA) is 25.2 Å². The molecule has 1 saturated heterocycles. The molecule has 0 spiro atoms. The van der Waals surface area contributed by atoms with Gasteiger partial charge in [-0.25, -0.2) is 0 Å². The van der Waals surface area contributed by atoms with Crippen LogP contribution in [-0.2, 0) is 7.05 Å². The maximum Gasteiger partial charge on any atom is 0.270 e. The van der Waals surface area contributed by atoms with Gasteiger partial charge in [-0.1, -0.05) is 19.8 Å². The van der Waals surface area contributed by atoms with E-state index in [9.17, 15) is 4.79 Å². The van der Waals surface area contributed by atoms with Crippen molar-refractivity contribution in [3.05, 3.63) is 22.4 Å². The van der Waals surface area contributed by atoms with Gasteiger partial charge >= 0.3 is 0 Å². The Bertz CT molecular complexity index is 427. The minimum Gasteiger partial charge on any atom is -0.345 e. The summed E-state index contributed by atoms with van der Waals surface area (Å²) in [5.74, 6) is 0.178. The van der Waals surface area contributed by atoms with Crippen molar-refractivity contribution in [2.24, 2.45) is 7.05 Å². The number of amides is 1. The lowest BCUT2D eigenvalue weighted by molar-refractivity contribution is 0.0668. The summed E-state index contributed by atoms with van der Waals surface area (Å²) in [7, 11) is 1.93. The summed E-state index contributed by atoms with van der Waals surface area (Å²) >= 11 is 3.43. The second kappa shape index (κ2) is 5.91. The van der Waals surface area contributed by atoms with E-state index in [-0.39, 0.29) is 5.91 Å². The van der Waals surface area contributed by atoms with Gasteiger partial charge in [0.2, 0.25) is 0 Å². The lowest BCUT2D eigenvalue weighted by Crippen LogP contribution is -2.40. The summed E-state index contributed by atoms with van der Waals surface area (Å²) < 4.78 is 2.88. The lowest BCUT2D eigenvalue weighted by atomic mass is 10.1. The predicted molar refractivity (Wildman–Crippen MR) is 76.7 cm³/mol.